The number of nitrogens with zero attached hydrogens (tertiary/aromatic N) is 2. The second kappa shape index (κ2) is 8.07. The van der Waals surface area contributed by atoms with E-state index in [0.717, 1.165) is 21.7 Å². The molecule has 0 radical (unpaired) electrons. The van der Waals surface area contributed by atoms with Crippen molar-refractivity contribution in [2.45, 2.75) is 18.0 Å². The molecule has 5 rings (SSSR count). The number of thioether (sulfide) groups is 1. The lowest BCUT2D eigenvalue weighted by Gasteiger charge is -2.17. The molecule has 0 saturated carbocycles. The van der Waals surface area contributed by atoms with E-state index in [1.807, 2.05) is 29.0 Å². The predicted octanol–water partition coefficient (Wildman–Crippen LogP) is 4.58. The number of hydrogen-bond acceptors (Lipinski definition) is 7. The number of amides is 1. The van der Waals surface area contributed by atoms with E-state index in [0.29, 0.717) is 33.8 Å². The third kappa shape index (κ3) is 3.73. The highest BCUT2D eigenvalue weighted by molar-refractivity contribution is 7.99. The smallest absolute Gasteiger partial charge is 0.263 e. The highest BCUT2D eigenvalue weighted by atomic mass is 32.2. The molecule has 0 saturated heterocycles. The van der Waals surface area contributed by atoms with Crippen molar-refractivity contribution >= 4 is 62.0 Å². The van der Waals surface area contributed by atoms with E-state index in [4.69, 9.17) is 0 Å². The summed E-state index contributed by atoms with van der Waals surface area (Å²) in [4.78, 5) is 43.7. The first-order valence-electron chi connectivity index (χ1n) is 9.62. The Labute approximate surface area is 189 Å². The molecule has 0 fully saturated rings. The van der Waals surface area contributed by atoms with Crippen LogP contribution in [-0.2, 0) is 18.3 Å². The SMILES string of the molecule is Cn1c(SCC(=O)c2ccc3c(c2)CCC(=O)N3)nc2scc(-c3cccs3)c2c1=O. The van der Waals surface area contributed by atoms with Crippen LogP contribution in [-0.4, -0.2) is 27.0 Å². The largest absolute Gasteiger partial charge is 0.326 e. The first kappa shape index (κ1) is 20.2. The number of anilines is 1. The molecule has 9 heteroatoms. The number of ketones is 1. The summed E-state index contributed by atoms with van der Waals surface area (Å²) >= 11 is 4.30. The Morgan fingerprint density at radius 2 is 2.10 bits per heavy atom. The van der Waals surface area contributed by atoms with Gasteiger partial charge in [-0.05, 0) is 41.6 Å². The average Bonchev–Trinajstić information content (AvgIpc) is 3.44. The maximum absolute atomic E-state index is 13.0. The first-order valence-corrected chi connectivity index (χ1v) is 12.4. The van der Waals surface area contributed by atoms with Crippen molar-refractivity contribution in [2.24, 2.45) is 7.05 Å². The molecule has 6 nitrogen and oxygen atoms in total. The molecule has 1 aliphatic heterocycles. The standard InChI is InChI=1S/C22H17N3O3S3/c1-25-21(28)19-14(17-3-2-8-29-17)10-30-20(19)24-22(25)31-11-16(26)13-4-6-15-12(9-13)5-7-18(27)23-15/h2-4,6,8-10H,5,7,11H2,1H3,(H,23,27). The van der Waals surface area contributed by atoms with Crippen LogP contribution >= 0.6 is 34.4 Å². The quantitative estimate of drug-likeness (QED) is 0.264. The van der Waals surface area contributed by atoms with Crippen LogP contribution in [0.3, 0.4) is 0 Å². The maximum atomic E-state index is 13.0. The van der Waals surface area contributed by atoms with Gasteiger partial charge in [0.15, 0.2) is 10.9 Å². The van der Waals surface area contributed by atoms with Crippen LogP contribution in [0.4, 0.5) is 5.69 Å². The van der Waals surface area contributed by atoms with Gasteiger partial charge in [-0.1, -0.05) is 17.8 Å². The number of carbonyl (C=O) groups excluding carboxylic acids is 2. The van der Waals surface area contributed by atoms with Crippen molar-refractivity contribution < 1.29 is 9.59 Å². The summed E-state index contributed by atoms with van der Waals surface area (Å²) in [5.74, 6) is 0.143. The van der Waals surface area contributed by atoms with Gasteiger partial charge in [0.05, 0.1) is 11.1 Å². The molecule has 4 heterocycles. The van der Waals surface area contributed by atoms with Gasteiger partial charge in [0, 0.05) is 40.5 Å². The molecule has 4 aromatic rings. The molecule has 0 spiro atoms. The van der Waals surface area contributed by atoms with Gasteiger partial charge < -0.3 is 5.32 Å². The molecule has 0 unspecified atom stereocenters. The van der Waals surface area contributed by atoms with E-state index >= 15 is 0 Å². The molecule has 156 valence electrons. The Morgan fingerprint density at radius 1 is 1.23 bits per heavy atom. The van der Waals surface area contributed by atoms with Crippen LogP contribution in [0.25, 0.3) is 20.7 Å². The molecular formula is C22H17N3O3S3. The zero-order chi connectivity index (χ0) is 21.5. The van der Waals surface area contributed by atoms with Crippen LogP contribution in [0.2, 0.25) is 0 Å². The second-order valence-corrected chi connectivity index (χ2v) is 9.95. The van der Waals surface area contributed by atoms with E-state index in [1.54, 1.807) is 30.5 Å². The number of rotatable bonds is 5. The van der Waals surface area contributed by atoms with Gasteiger partial charge in [-0.25, -0.2) is 4.98 Å². The van der Waals surface area contributed by atoms with Gasteiger partial charge in [0.1, 0.15) is 4.83 Å². The van der Waals surface area contributed by atoms with Gasteiger partial charge in [0.2, 0.25) is 5.91 Å². The number of aryl methyl sites for hydroxylation is 1. The molecular weight excluding hydrogens is 450 g/mol. The number of benzene rings is 1. The van der Waals surface area contributed by atoms with Crippen LogP contribution in [0.15, 0.2) is 51.0 Å². The van der Waals surface area contributed by atoms with Crippen molar-refractivity contribution in [3.05, 3.63) is 62.6 Å². The van der Waals surface area contributed by atoms with Crippen molar-refractivity contribution in [2.75, 3.05) is 11.1 Å². The lowest BCUT2D eigenvalue weighted by atomic mass is 9.99. The van der Waals surface area contributed by atoms with Crippen molar-refractivity contribution in [1.82, 2.24) is 9.55 Å². The maximum Gasteiger partial charge on any atom is 0.263 e. The van der Waals surface area contributed by atoms with Gasteiger partial charge in [-0.15, -0.1) is 22.7 Å². The monoisotopic (exact) mass is 467 g/mol. The van der Waals surface area contributed by atoms with E-state index < -0.39 is 0 Å². The van der Waals surface area contributed by atoms with E-state index in [1.165, 1.54) is 27.7 Å². The van der Waals surface area contributed by atoms with E-state index in [2.05, 4.69) is 10.3 Å². The normalized spacial score (nSPS) is 13.3. The van der Waals surface area contributed by atoms with Crippen molar-refractivity contribution in [1.29, 1.82) is 0 Å². The molecule has 1 N–H and O–H groups in total. The van der Waals surface area contributed by atoms with Gasteiger partial charge >= 0.3 is 0 Å². The van der Waals surface area contributed by atoms with Crippen LogP contribution in [0.5, 0.6) is 0 Å². The number of fused-ring (bicyclic) bond motifs is 2. The van der Waals surface area contributed by atoms with Crippen LogP contribution in [0, 0.1) is 0 Å². The number of carbonyl (C=O) groups is 2. The van der Waals surface area contributed by atoms with Gasteiger partial charge in [-0.3, -0.25) is 19.0 Å². The zero-order valence-corrected chi connectivity index (χ0v) is 19.0. The lowest BCUT2D eigenvalue weighted by molar-refractivity contribution is -0.116. The highest BCUT2D eigenvalue weighted by Gasteiger charge is 2.19. The van der Waals surface area contributed by atoms with Gasteiger partial charge in [-0.2, -0.15) is 0 Å². The average molecular weight is 468 g/mol. The number of thiophene rings is 2. The summed E-state index contributed by atoms with van der Waals surface area (Å²) in [5.41, 5.74) is 3.16. The number of aromatic nitrogens is 2. The molecule has 1 amide bonds. The fourth-order valence-electron chi connectivity index (χ4n) is 3.57. The minimum Gasteiger partial charge on any atom is -0.326 e. The fraction of sp³-hybridized carbons (Fsp3) is 0.182. The number of nitrogens with one attached hydrogen (secondary N) is 1. The third-order valence-corrected chi connectivity index (χ3v) is 8.02. The van der Waals surface area contributed by atoms with Crippen molar-refractivity contribution in [3.63, 3.8) is 0 Å². The van der Waals surface area contributed by atoms with Crippen LogP contribution < -0.4 is 10.9 Å². The molecule has 0 atom stereocenters. The molecule has 0 bridgehead atoms. The van der Waals surface area contributed by atoms with E-state index in [-0.39, 0.29) is 23.0 Å². The third-order valence-electron chi connectivity index (χ3n) is 5.22. The van der Waals surface area contributed by atoms with E-state index in [9.17, 15) is 14.4 Å². The lowest BCUT2D eigenvalue weighted by Crippen LogP contribution is -2.20. The summed E-state index contributed by atoms with van der Waals surface area (Å²) in [7, 11) is 1.69. The predicted molar refractivity (Wildman–Crippen MR) is 127 cm³/mol. The fourth-order valence-corrected chi connectivity index (χ4v) is 6.23. The molecule has 1 aliphatic rings. The highest BCUT2D eigenvalue weighted by Crippen LogP contribution is 2.34. The summed E-state index contributed by atoms with van der Waals surface area (Å²) in [6, 6.07) is 9.32. The number of hydrogen-bond donors (Lipinski definition) is 1. The van der Waals surface area contributed by atoms with Gasteiger partial charge in [0.25, 0.3) is 5.56 Å². The summed E-state index contributed by atoms with van der Waals surface area (Å²) in [5, 5.41) is 7.93. The molecule has 0 aliphatic carbocycles. The summed E-state index contributed by atoms with van der Waals surface area (Å²) in [6.45, 7) is 0. The topological polar surface area (TPSA) is 81.1 Å². The molecule has 3 aromatic heterocycles. The second-order valence-electron chi connectivity index (χ2n) is 7.20. The first-order chi connectivity index (χ1) is 15.0. The Morgan fingerprint density at radius 3 is 2.90 bits per heavy atom. The zero-order valence-electron chi connectivity index (χ0n) is 16.5. The minimum atomic E-state index is -0.103. The number of Topliss-reactive ketones (excluding diaryl/α,β-unsaturated/α-hetero) is 1. The Hall–Kier alpha value is -2.75. The molecule has 31 heavy (non-hydrogen) atoms. The molecule has 1 aromatic carbocycles. The Bertz CT molecular complexity index is 1390. The summed E-state index contributed by atoms with van der Waals surface area (Å²) in [6.07, 6.45) is 1.06. The van der Waals surface area contributed by atoms with Crippen LogP contribution in [0.1, 0.15) is 22.3 Å². The minimum absolute atomic E-state index is 0.000304. The van der Waals surface area contributed by atoms with Crippen molar-refractivity contribution in [3.8, 4) is 10.4 Å². The summed E-state index contributed by atoms with van der Waals surface area (Å²) < 4.78 is 1.52. The Balaban J connectivity index is 1.39. The Kier molecular flexibility index (Phi) is 5.25.